The Kier molecular flexibility index (Phi) is 3.79. The van der Waals surface area contributed by atoms with Crippen LogP contribution in [0.3, 0.4) is 0 Å². The molecule has 2 aliphatic rings. The molecule has 6 heteroatoms. The minimum absolute atomic E-state index is 0.00828. The summed E-state index contributed by atoms with van der Waals surface area (Å²) >= 11 is 0. The predicted octanol–water partition coefficient (Wildman–Crippen LogP) is -0.269. The number of amides is 2. The van der Waals surface area contributed by atoms with Crippen molar-refractivity contribution in [2.45, 2.75) is 6.42 Å². The molecule has 2 amide bonds. The van der Waals surface area contributed by atoms with E-state index in [4.69, 9.17) is 0 Å². The third-order valence-corrected chi connectivity index (χ3v) is 4.06. The number of anilines is 2. The molecule has 112 valence electrons. The lowest BCUT2D eigenvalue weighted by Crippen LogP contribution is -2.43. The number of carbonyl (C=O) groups is 2. The van der Waals surface area contributed by atoms with Crippen molar-refractivity contribution in [3.63, 3.8) is 0 Å². The molecule has 0 spiro atoms. The van der Waals surface area contributed by atoms with Gasteiger partial charge in [0.1, 0.15) is 6.54 Å². The minimum Gasteiger partial charge on any atom is -0.369 e. The molecule has 0 saturated carbocycles. The summed E-state index contributed by atoms with van der Waals surface area (Å²) in [6, 6.07) is 6.09. The first-order chi connectivity index (χ1) is 10.2. The van der Waals surface area contributed by atoms with Crippen LogP contribution in [-0.2, 0) is 16.0 Å². The number of carbonyl (C=O) groups excluding carboxylic acids is 2. The van der Waals surface area contributed by atoms with Gasteiger partial charge in [-0.1, -0.05) is 0 Å². The number of hydrogen-bond acceptors (Lipinski definition) is 4. The Morgan fingerprint density at radius 1 is 1.33 bits per heavy atom. The number of rotatable bonds is 3. The average Bonchev–Trinajstić information content (AvgIpc) is 2.83. The minimum atomic E-state index is -0.151. The van der Waals surface area contributed by atoms with Gasteiger partial charge < -0.3 is 20.4 Å². The van der Waals surface area contributed by atoms with Crippen molar-refractivity contribution in [1.29, 1.82) is 0 Å². The second-order valence-corrected chi connectivity index (χ2v) is 5.38. The van der Waals surface area contributed by atoms with Crippen LogP contribution in [0, 0.1) is 0 Å². The maximum absolute atomic E-state index is 12.1. The lowest BCUT2D eigenvalue weighted by molar-refractivity contribution is -0.122. The van der Waals surface area contributed by atoms with Crippen molar-refractivity contribution in [2.75, 3.05) is 49.6 Å². The SMILES string of the molecule is CNC(=O)CN1C(=O)Cc2cc(N3CCNCC3)ccc21. The van der Waals surface area contributed by atoms with Gasteiger partial charge in [-0.05, 0) is 23.8 Å². The van der Waals surface area contributed by atoms with Gasteiger partial charge in [0.15, 0.2) is 0 Å². The zero-order valence-electron chi connectivity index (χ0n) is 12.2. The normalized spacial score (nSPS) is 17.9. The molecule has 21 heavy (non-hydrogen) atoms. The fraction of sp³-hybridized carbons (Fsp3) is 0.467. The Bertz CT molecular complexity index is 567. The fourth-order valence-electron chi connectivity index (χ4n) is 2.89. The number of nitrogens with one attached hydrogen (secondary N) is 2. The summed E-state index contributed by atoms with van der Waals surface area (Å²) in [5.74, 6) is -0.159. The van der Waals surface area contributed by atoms with Gasteiger partial charge in [0.05, 0.1) is 6.42 Å². The molecule has 3 rings (SSSR count). The van der Waals surface area contributed by atoms with E-state index in [9.17, 15) is 9.59 Å². The van der Waals surface area contributed by atoms with E-state index in [1.807, 2.05) is 12.1 Å². The maximum atomic E-state index is 12.1. The van der Waals surface area contributed by atoms with Crippen LogP contribution in [-0.4, -0.2) is 51.6 Å². The Balaban J connectivity index is 1.82. The highest BCUT2D eigenvalue weighted by Crippen LogP contribution is 2.32. The van der Waals surface area contributed by atoms with Crippen LogP contribution in [0.5, 0.6) is 0 Å². The number of fused-ring (bicyclic) bond motifs is 1. The van der Waals surface area contributed by atoms with Crippen molar-refractivity contribution in [3.8, 4) is 0 Å². The van der Waals surface area contributed by atoms with Gasteiger partial charge in [-0.15, -0.1) is 0 Å². The standard InChI is InChI=1S/C15H20N4O2/c1-16-14(20)10-19-13-3-2-12(8-11(13)9-15(19)21)18-6-4-17-5-7-18/h2-3,8,17H,4-7,9-10H2,1H3,(H,16,20). The van der Waals surface area contributed by atoms with E-state index in [2.05, 4.69) is 21.6 Å². The van der Waals surface area contributed by atoms with Gasteiger partial charge in [-0.2, -0.15) is 0 Å². The first-order valence-corrected chi connectivity index (χ1v) is 7.28. The van der Waals surface area contributed by atoms with E-state index < -0.39 is 0 Å². The van der Waals surface area contributed by atoms with Crippen molar-refractivity contribution in [2.24, 2.45) is 0 Å². The van der Waals surface area contributed by atoms with Crippen molar-refractivity contribution >= 4 is 23.2 Å². The first kappa shape index (κ1) is 13.9. The first-order valence-electron chi connectivity index (χ1n) is 7.28. The monoisotopic (exact) mass is 288 g/mol. The van der Waals surface area contributed by atoms with Gasteiger partial charge in [-0.3, -0.25) is 9.59 Å². The second kappa shape index (κ2) is 5.73. The quantitative estimate of drug-likeness (QED) is 0.804. The average molecular weight is 288 g/mol. The molecule has 1 aromatic carbocycles. The molecule has 6 nitrogen and oxygen atoms in total. The molecule has 1 aromatic rings. The highest BCUT2D eigenvalue weighted by Gasteiger charge is 2.29. The van der Waals surface area contributed by atoms with Gasteiger partial charge in [0, 0.05) is 44.6 Å². The van der Waals surface area contributed by atoms with Gasteiger partial charge in [-0.25, -0.2) is 0 Å². The van der Waals surface area contributed by atoms with Crippen LogP contribution in [0.25, 0.3) is 0 Å². The van der Waals surface area contributed by atoms with Gasteiger partial charge in [0.25, 0.3) is 0 Å². The van der Waals surface area contributed by atoms with Crippen LogP contribution >= 0.6 is 0 Å². The van der Waals surface area contributed by atoms with E-state index in [1.165, 1.54) is 0 Å². The number of piperazine rings is 1. The molecule has 2 aliphatic heterocycles. The predicted molar refractivity (Wildman–Crippen MR) is 81.6 cm³/mol. The molecule has 0 aliphatic carbocycles. The summed E-state index contributed by atoms with van der Waals surface area (Å²) in [4.78, 5) is 27.5. The summed E-state index contributed by atoms with van der Waals surface area (Å²) < 4.78 is 0. The van der Waals surface area contributed by atoms with E-state index in [-0.39, 0.29) is 18.4 Å². The third-order valence-electron chi connectivity index (χ3n) is 4.06. The van der Waals surface area contributed by atoms with Crippen LogP contribution in [0.4, 0.5) is 11.4 Å². The van der Waals surface area contributed by atoms with Crippen molar-refractivity contribution < 1.29 is 9.59 Å². The summed E-state index contributed by atoms with van der Waals surface area (Å²) in [5.41, 5.74) is 3.03. The van der Waals surface area contributed by atoms with Crippen LogP contribution in [0.2, 0.25) is 0 Å². The van der Waals surface area contributed by atoms with Crippen LogP contribution in [0.1, 0.15) is 5.56 Å². The maximum Gasteiger partial charge on any atom is 0.239 e. The van der Waals surface area contributed by atoms with Crippen molar-refractivity contribution in [1.82, 2.24) is 10.6 Å². The summed E-state index contributed by atoms with van der Waals surface area (Å²) in [5, 5.41) is 5.89. The Morgan fingerprint density at radius 3 is 2.81 bits per heavy atom. The fourth-order valence-corrected chi connectivity index (χ4v) is 2.89. The highest BCUT2D eigenvalue weighted by atomic mass is 16.2. The van der Waals surface area contributed by atoms with Gasteiger partial charge in [0.2, 0.25) is 11.8 Å². The molecule has 0 bridgehead atoms. The second-order valence-electron chi connectivity index (χ2n) is 5.38. The topological polar surface area (TPSA) is 64.7 Å². The number of likely N-dealkylation sites (N-methyl/N-ethyl adjacent to an activating group) is 1. The Hall–Kier alpha value is -2.08. The van der Waals surface area contributed by atoms with E-state index in [0.29, 0.717) is 6.42 Å². The molecule has 0 radical (unpaired) electrons. The molecule has 1 fully saturated rings. The summed E-state index contributed by atoms with van der Waals surface area (Å²) in [6.45, 7) is 4.02. The molecule has 2 N–H and O–H groups in total. The van der Waals surface area contributed by atoms with Crippen molar-refractivity contribution in [3.05, 3.63) is 23.8 Å². The van der Waals surface area contributed by atoms with E-state index >= 15 is 0 Å². The van der Waals surface area contributed by atoms with Crippen LogP contribution < -0.4 is 20.4 Å². The van der Waals surface area contributed by atoms with E-state index in [1.54, 1.807) is 11.9 Å². The number of hydrogen-bond donors (Lipinski definition) is 2. The summed E-state index contributed by atoms with van der Waals surface area (Å²) in [7, 11) is 1.58. The summed E-state index contributed by atoms with van der Waals surface area (Å²) in [6.07, 6.45) is 0.381. The molecular weight excluding hydrogens is 268 g/mol. The molecule has 0 aromatic heterocycles. The van der Waals surface area contributed by atoms with Crippen LogP contribution in [0.15, 0.2) is 18.2 Å². The lowest BCUT2D eigenvalue weighted by atomic mass is 10.1. The molecule has 0 atom stereocenters. The molecule has 1 saturated heterocycles. The zero-order chi connectivity index (χ0) is 14.8. The highest BCUT2D eigenvalue weighted by molar-refractivity contribution is 6.05. The number of nitrogens with zero attached hydrogens (tertiary/aromatic N) is 2. The van der Waals surface area contributed by atoms with Gasteiger partial charge >= 0.3 is 0 Å². The largest absolute Gasteiger partial charge is 0.369 e. The Labute approximate surface area is 124 Å². The smallest absolute Gasteiger partial charge is 0.239 e. The molecule has 2 heterocycles. The lowest BCUT2D eigenvalue weighted by Gasteiger charge is -2.30. The number of benzene rings is 1. The molecule has 0 unspecified atom stereocenters. The Morgan fingerprint density at radius 2 is 2.10 bits per heavy atom. The molecular formula is C15H20N4O2. The zero-order valence-corrected chi connectivity index (χ0v) is 12.2. The third kappa shape index (κ3) is 2.71. The van der Waals surface area contributed by atoms with E-state index in [0.717, 1.165) is 43.1 Å².